The quantitative estimate of drug-likeness (QED) is 0.865. The van der Waals surface area contributed by atoms with Gasteiger partial charge in [0.25, 0.3) is 0 Å². The fourth-order valence-corrected chi connectivity index (χ4v) is 3.32. The molecule has 1 aliphatic heterocycles. The monoisotopic (exact) mass is 361 g/mol. The highest BCUT2D eigenvalue weighted by atomic mass is 35.5. The van der Waals surface area contributed by atoms with Crippen LogP contribution >= 0.6 is 11.6 Å². The summed E-state index contributed by atoms with van der Waals surface area (Å²) in [6.45, 7) is 2.46. The van der Waals surface area contributed by atoms with Gasteiger partial charge in [-0.2, -0.15) is 0 Å². The van der Waals surface area contributed by atoms with Crippen molar-refractivity contribution >= 4 is 23.2 Å². The number of carbonyl (C=O) groups is 1. The molecule has 1 amide bonds. The van der Waals surface area contributed by atoms with E-state index < -0.39 is 0 Å². The number of benzene rings is 2. The van der Waals surface area contributed by atoms with Gasteiger partial charge in [0.1, 0.15) is 5.75 Å². The lowest BCUT2D eigenvalue weighted by Crippen LogP contribution is -2.24. The number of nitrogens with one attached hydrogen (secondary N) is 1. The van der Waals surface area contributed by atoms with Crippen LogP contribution in [0.15, 0.2) is 30.3 Å². The number of hydrogen-bond acceptors (Lipinski definition) is 4. The topological polar surface area (TPSA) is 56.8 Å². The second kappa shape index (κ2) is 7.23. The van der Waals surface area contributed by atoms with Crippen molar-refractivity contribution in [2.24, 2.45) is 0 Å². The summed E-state index contributed by atoms with van der Waals surface area (Å²) in [4.78, 5) is 12.3. The molecule has 0 saturated carbocycles. The first-order valence-electron chi connectivity index (χ1n) is 8.05. The maximum absolute atomic E-state index is 12.3. The highest BCUT2D eigenvalue weighted by molar-refractivity contribution is 6.30. The maximum Gasteiger partial charge on any atom is 0.225 e. The molecule has 1 heterocycles. The third-order valence-corrected chi connectivity index (χ3v) is 4.48. The third kappa shape index (κ3) is 3.37. The summed E-state index contributed by atoms with van der Waals surface area (Å²) >= 11 is 6.21. The lowest BCUT2D eigenvalue weighted by Gasteiger charge is -2.28. The smallest absolute Gasteiger partial charge is 0.225 e. The molecule has 1 aliphatic rings. The molecule has 1 atom stereocenters. The van der Waals surface area contributed by atoms with Crippen LogP contribution in [0.4, 0.5) is 5.69 Å². The molecule has 0 bridgehead atoms. The first-order chi connectivity index (χ1) is 12.1. The Labute approximate surface area is 151 Å². The van der Waals surface area contributed by atoms with Crippen molar-refractivity contribution in [2.45, 2.75) is 19.3 Å². The highest BCUT2D eigenvalue weighted by Crippen LogP contribution is 2.45. The minimum Gasteiger partial charge on any atom is -0.494 e. The van der Waals surface area contributed by atoms with Crippen LogP contribution in [0.3, 0.4) is 0 Å². The van der Waals surface area contributed by atoms with E-state index in [1.165, 1.54) is 0 Å². The van der Waals surface area contributed by atoms with Crippen LogP contribution < -0.4 is 19.5 Å². The van der Waals surface area contributed by atoms with Crippen molar-refractivity contribution in [1.29, 1.82) is 0 Å². The molecule has 2 aromatic rings. The number of amides is 1. The van der Waals surface area contributed by atoms with Crippen LogP contribution in [0, 0.1) is 0 Å². The number of carbonyl (C=O) groups excluding carboxylic acids is 1. The summed E-state index contributed by atoms with van der Waals surface area (Å²) < 4.78 is 16.5. The number of methoxy groups -OCH3 is 2. The summed E-state index contributed by atoms with van der Waals surface area (Å²) in [5, 5.41) is 3.51. The Morgan fingerprint density at radius 3 is 2.48 bits per heavy atom. The van der Waals surface area contributed by atoms with Crippen LogP contribution in [-0.2, 0) is 4.79 Å². The van der Waals surface area contributed by atoms with Gasteiger partial charge in [0.05, 0.1) is 20.8 Å². The van der Waals surface area contributed by atoms with Crippen LogP contribution in [-0.4, -0.2) is 26.7 Å². The van der Waals surface area contributed by atoms with E-state index in [9.17, 15) is 4.79 Å². The zero-order chi connectivity index (χ0) is 18.0. The SMILES string of the molecule is CCOc1ccc(Cl)cc1[C@H]1CC(=O)Nc2cc(OC)c(OC)cc21. The molecule has 0 aliphatic carbocycles. The Morgan fingerprint density at radius 1 is 1.08 bits per heavy atom. The largest absolute Gasteiger partial charge is 0.494 e. The Morgan fingerprint density at radius 2 is 1.80 bits per heavy atom. The van der Waals surface area contributed by atoms with Crippen molar-refractivity contribution in [3.8, 4) is 17.2 Å². The van der Waals surface area contributed by atoms with Gasteiger partial charge in [0.15, 0.2) is 11.5 Å². The van der Waals surface area contributed by atoms with Crippen LogP contribution in [0.25, 0.3) is 0 Å². The van der Waals surface area contributed by atoms with E-state index in [0.29, 0.717) is 35.2 Å². The minimum atomic E-state index is -0.177. The zero-order valence-electron chi connectivity index (χ0n) is 14.4. The normalized spacial score (nSPS) is 16.0. The average molecular weight is 362 g/mol. The van der Waals surface area contributed by atoms with Crippen LogP contribution in [0.2, 0.25) is 5.02 Å². The van der Waals surface area contributed by atoms with E-state index in [-0.39, 0.29) is 11.8 Å². The van der Waals surface area contributed by atoms with Crippen molar-refractivity contribution in [1.82, 2.24) is 0 Å². The molecule has 0 unspecified atom stereocenters. The second-order valence-electron chi connectivity index (χ2n) is 5.71. The van der Waals surface area contributed by atoms with E-state index in [1.54, 1.807) is 26.4 Å². The predicted molar refractivity (Wildman–Crippen MR) is 97.3 cm³/mol. The Kier molecular flexibility index (Phi) is 5.04. The third-order valence-electron chi connectivity index (χ3n) is 4.24. The van der Waals surface area contributed by atoms with E-state index in [1.807, 2.05) is 25.1 Å². The number of rotatable bonds is 5. The molecule has 1 N–H and O–H groups in total. The molecule has 6 heteroatoms. The lowest BCUT2D eigenvalue weighted by molar-refractivity contribution is -0.116. The van der Waals surface area contributed by atoms with E-state index in [4.69, 9.17) is 25.8 Å². The van der Waals surface area contributed by atoms with Crippen LogP contribution in [0.1, 0.15) is 30.4 Å². The molecule has 0 saturated heterocycles. The molecule has 0 fully saturated rings. The Hall–Kier alpha value is -2.40. The van der Waals surface area contributed by atoms with Gasteiger partial charge in [-0.05, 0) is 36.8 Å². The van der Waals surface area contributed by atoms with Gasteiger partial charge in [0.2, 0.25) is 5.91 Å². The minimum absolute atomic E-state index is 0.0628. The van der Waals surface area contributed by atoms with E-state index in [0.717, 1.165) is 16.9 Å². The van der Waals surface area contributed by atoms with Gasteiger partial charge in [0, 0.05) is 34.7 Å². The molecular weight excluding hydrogens is 342 g/mol. The van der Waals surface area contributed by atoms with Crippen molar-refractivity contribution < 1.29 is 19.0 Å². The van der Waals surface area contributed by atoms with Crippen molar-refractivity contribution in [2.75, 3.05) is 26.1 Å². The van der Waals surface area contributed by atoms with Gasteiger partial charge < -0.3 is 19.5 Å². The standard InChI is InChI=1S/C19H20ClNO4/c1-4-25-16-6-5-11(20)7-14(16)12-9-19(22)21-15-10-18(24-3)17(23-2)8-13(12)15/h5-8,10,12H,4,9H2,1-3H3,(H,21,22)/t12-/m0/s1. The zero-order valence-corrected chi connectivity index (χ0v) is 15.1. The number of ether oxygens (including phenoxy) is 3. The Balaban J connectivity index is 2.16. The van der Waals surface area contributed by atoms with Crippen molar-refractivity contribution in [3.05, 3.63) is 46.5 Å². The van der Waals surface area contributed by atoms with Gasteiger partial charge in [-0.1, -0.05) is 11.6 Å². The fraction of sp³-hybridized carbons (Fsp3) is 0.316. The van der Waals surface area contributed by atoms with Gasteiger partial charge in [-0.3, -0.25) is 4.79 Å². The van der Waals surface area contributed by atoms with Gasteiger partial charge in [-0.15, -0.1) is 0 Å². The molecule has 132 valence electrons. The molecular formula is C19H20ClNO4. The fourth-order valence-electron chi connectivity index (χ4n) is 3.14. The molecule has 5 nitrogen and oxygen atoms in total. The number of hydrogen-bond donors (Lipinski definition) is 1. The number of anilines is 1. The number of fused-ring (bicyclic) bond motifs is 1. The lowest BCUT2D eigenvalue weighted by atomic mass is 9.84. The first-order valence-corrected chi connectivity index (χ1v) is 8.43. The van der Waals surface area contributed by atoms with E-state index >= 15 is 0 Å². The summed E-state index contributed by atoms with van der Waals surface area (Å²) in [5.74, 6) is 1.67. The molecule has 0 radical (unpaired) electrons. The maximum atomic E-state index is 12.3. The molecule has 0 spiro atoms. The van der Waals surface area contributed by atoms with Crippen LogP contribution in [0.5, 0.6) is 17.2 Å². The number of halogens is 1. The second-order valence-corrected chi connectivity index (χ2v) is 6.15. The van der Waals surface area contributed by atoms with Gasteiger partial charge in [-0.25, -0.2) is 0 Å². The molecule has 25 heavy (non-hydrogen) atoms. The van der Waals surface area contributed by atoms with E-state index in [2.05, 4.69) is 5.32 Å². The average Bonchev–Trinajstić information content (AvgIpc) is 2.61. The summed E-state index contributed by atoms with van der Waals surface area (Å²) in [6, 6.07) is 9.16. The summed E-state index contributed by atoms with van der Waals surface area (Å²) in [7, 11) is 3.15. The Bertz CT molecular complexity index is 806. The molecule has 2 aromatic carbocycles. The molecule has 0 aromatic heterocycles. The first kappa shape index (κ1) is 17.4. The predicted octanol–water partition coefficient (Wildman–Crippen LogP) is 4.23. The highest BCUT2D eigenvalue weighted by Gasteiger charge is 2.30. The molecule has 3 rings (SSSR count). The van der Waals surface area contributed by atoms with Crippen molar-refractivity contribution in [3.63, 3.8) is 0 Å². The van der Waals surface area contributed by atoms with Gasteiger partial charge >= 0.3 is 0 Å². The summed E-state index contributed by atoms with van der Waals surface area (Å²) in [5.41, 5.74) is 2.54. The summed E-state index contributed by atoms with van der Waals surface area (Å²) in [6.07, 6.45) is 0.308.